The molecule has 0 bridgehead atoms. The van der Waals surface area contributed by atoms with Crippen molar-refractivity contribution in [2.45, 2.75) is 12.8 Å². The van der Waals surface area contributed by atoms with Crippen LogP contribution in [0.5, 0.6) is 5.75 Å². The number of hydrogen-bond acceptors (Lipinski definition) is 2. The maximum atomic E-state index is 11.9. The molecule has 6 heteroatoms. The molecule has 0 saturated heterocycles. The van der Waals surface area contributed by atoms with Crippen LogP contribution in [0.15, 0.2) is 22.7 Å². The van der Waals surface area contributed by atoms with E-state index >= 15 is 0 Å². The molecule has 1 aromatic rings. The maximum Gasteiger partial charge on any atom is 0.573 e. The lowest BCUT2D eigenvalue weighted by Gasteiger charge is -2.09. The van der Waals surface area contributed by atoms with E-state index in [1.165, 1.54) is 12.1 Å². The molecule has 1 aromatic carbocycles. The van der Waals surface area contributed by atoms with E-state index in [9.17, 15) is 13.2 Å². The van der Waals surface area contributed by atoms with Gasteiger partial charge in [-0.1, -0.05) is 15.9 Å². The second-order valence-corrected chi connectivity index (χ2v) is 3.59. The van der Waals surface area contributed by atoms with Gasteiger partial charge in [0.05, 0.1) is 12.5 Å². The van der Waals surface area contributed by atoms with Gasteiger partial charge in [0.15, 0.2) is 0 Å². The molecular weight excluding hydrogens is 275 g/mol. The Morgan fingerprint density at radius 3 is 2.53 bits per heavy atom. The van der Waals surface area contributed by atoms with Gasteiger partial charge in [-0.2, -0.15) is 5.26 Å². The lowest BCUT2D eigenvalue weighted by molar-refractivity contribution is -0.274. The van der Waals surface area contributed by atoms with E-state index in [0.29, 0.717) is 10.0 Å². The number of alkyl halides is 3. The molecule has 2 nitrogen and oxygen atoms in total. The fourth-order valence-corrected chi connectivity index (χ4v) is 1.53. The van der Waals surface area contributed by atoms with Gasteiger partial charge in [-0.25, -0.2) is 0 Å². The van der Waals surface area contributed by atoms with Gasteiger partial charge in [-0.3, -0.25) is 0 Å². The Kier molecular flexibility index (Phi) is 3.58. The van der Waals surface area contributed by atoms with Gasteiger partial charge in [0.25, 0.3) is 0 Å². The number of rotatable bonds is 2. The van der Waals surface area contributed by atoms with Crippen LogP contribution in [0, 0.1) is 11.3 Å². The topological polar surface area (TPSA) is 33.0 Å². The highest BCUT2D eigenvalue weighted by Crippen LogP contribution is 2.27. The lowest BCUT2D eigenvalue weighted by atomic mass is 10.1. The molecule has 15 heavy (non-hydrogen) atoms. The molecule has 0 unspecified atom stereocenters. The molecule has 0 radical (unpaired) electrons. The smallest absolute Gasteiger partial charge is 0.406 e. The van der Waals surface area contributed by atoms with Crippen LogP contribution in [0.3, 0.4) is 0 Å². The number of benzene rings is 1. The monoisotopic (exact) mass is 279 g/mol. The molecule has 0 amide bonds. The van der Waals surface area contributed by atoms with E-state index in [2.05, 4.69) is 20.7 Å². The third-order valence-electron chi connectivity index (χ3n) is 1.45. The first-order valence-electron chi connectivity index (χ1n) is 3.83. The molecule has 80 valence electrons. The number of hydrogen-bond donors (Lipinski definition) is 0. The highest BCUT2D eigenvalue weighted by atomic mass is 79.9. The Morgan fingerprint density at radius 1 is 1.33 bits per heavy atom. The zero-order valence-corrected chi connectivity index (χ0v) is 8.89. The van der Waals surface area contributed by atoms with Gasteiger partial charge >= 0.3 is 6.36 Å². The summed E-state index contributed by atoms with van der Waals surface area (Å²) in [6, 6.07) is 5.78. The first-order valence-corrected chi connectivity index (χ1v) is 4.62. The maximum absolute atomic E-state index is 11.9. The standard InChI is InChI=1S/C9H5BrF3NO/c10-7-3-6(1-2-14)4-8(5-7)15-9(11,12)13/h3-5H,1H2. The molecule has 1 rings (SSSR count). The molecule has 0 N–H and O–H groups in total. The largest absolute Gasteiger partial charge is 0.573 e. The number of ether oxygens (including phenoxy) is 1. The average molecular weight is 280 g/mol. The van der Waals surface area contributed by atoms with E-state index in [1.54, 1.807) is 6.07 Å². The van der Waals surface area contributed by atoms with E-state index < -0.39 is 6.36 Å². The summed E-state index contributed by atoms with van der Waals surface area (Å²) >= 11 is 3.03. The summed E-state index contributed by atoms with van der Waals surface area (Å²) in [4.78, 5) is 0. The molecule has 0 aliphatic rings. The van der Waals surface area contributed by atoms with Crippen molar-refractivity contribution in [2.75, 3.05) is 0 Å². The van der Waals surface area contributed by atoms with Crippen molar-refractivity contribution in [3.8, 4) is 11.8 Å². The fourth-order valence-electron chi connectivity index (χ4n) is 1.01. The van der Waals surface area contributed by atoms with Gasteiger partial charge in [-0.05, 0) is 23.8 Å². The Morgan fingerprint density at radius 2 is 2.00 bits per heavy atom. The zero-order chi connectivity index (χ0) is 11.5. The van der Waals surface area contributed by atoms with Crippen LogP contribution in [0.2, 0.25) is 0 Å². The van der Waals surface area contributed by atoms with Crippen LogP contribution in [-0.4, -0.2) is 6.36 Å². The number of nitriles is 1. The minimum absolute atomic E-state index is 0.0354. The summed E-state index contributed by atoms with van der Waals surface area (Å²) < 4.78 is 39.8. The predicted molar refractivity (Wildman–Crippen MR) is 50.1 cm³/mol. The van der Waals surface area contributed by atoms with Crippen molar-refractivity contribution >= 4 is 15.9 Å². The molecule has 0 spiro atoms. The van der Waals surface area contributed by atoms with Crippen molar-refractivity contribution in [1.29, 1.82) is 5.26 Å². The SMILES string of the molecule is N#CCc1cc(Br)cc(OC(F)(F)F)c1. The number of nitrogens with zero attached hydrogens (tertiary/aromatic N) is 1. The summed E-state index contributed by atoms with van der Waals surface area (Å²) in [5.41, 5.74) is 0.464. The van der Waals surface area contributed by atoms with Crippen LogP contribution >= 0.6 is 15.9 Å². The number of halogens is 4. The summed E-state index contributed by atoms with van der Waals surface area (Å²) in [5.74, 6) is -0.331. The summed E-state index contributed by atoms with van der Waals surface area (Å²) in [6.45, 7) is 0. The van der Waals surface area contributed by atoms with Crippen LogP contribution in [0.1, 0.15) is 5.56 Å². The average Bonchev–Trinajstić information content (AvgIpc) is 1.99. The van der Waals surface area contributed by atoms with E-state index in [4.69, 9.17) is 5.26 Å². The molecule has 0 saturated carbocycles. The molecule has 0 heterocycles. The van der Waals surface area contributed by atoms with Crippen molar-refractivity contribution in [3.63, 3.8) is 0 Å². The minimum atomic E-state index is -4.72. The molecule has 0 aliphatic heterocycles. The summed E-state index contributed by atoms with van der Waals surface area (Å²) in [5, 5.41) is 8.41. The van der Waals surface area contributed by atoms with Crippen LogP contribution in [0.4, 0.5) is 13.2 Å². The molecule has 0 aromatic heterocycles. The lowest BCUT2D eigenvalue weighted by Crippen LogP contribution is -2.17. The second-order valence-electron chi connectivity index (χ2n) is 2.68. The van der Waals surface area contributed by atoms with Gasteiger partial charge in [0.1, 0.15) is 5.75 Å². The normalized spacial score (nSPS) is 10.9. The van der Waals surface area contributed by atoms with E-state index in [1.807, 2.05) is 6.07 Å². The zero-order valence-electron chi connectivity index (χ0n) is 7.31. The molecular formula is C9H5BrF3NO. The van der Waals surface area contributed by atoms with Gasteiger partial charge in [0.2, 0.25) is 0 Å². The predicted octanol–water partition coefficient (Wildman–Crippen LogP) is 3.41. The van der Waals surface area contributed by atoms with Crippen LogP contribution < -0.4 is 4.74 Å². The van der Waals surface area contributed by atoms with Gasteiger partial charge in [-0.15, -0.1) is 13.2 Å². The Hall–Kier alpha value is -1.22. The highest BCUT2D eigenvalue weighted by Gasteiger charge is 2.31. The quantitative estimate of drug-likeness (QED) is 0.831. The molecule has 0 aliphatic carbocycles. The minimum Gasteiger partial charge on any atom is -0.406 e. The van der Waals surface area contributed by atoms with Crippen molar-refractivity contribution < 1.29 is 17.9 Å². The highest BCUT2D eigenvalue weighted by molar-refractivity contribution is 9.10. The Balaban J connectivity index is 2.95. The van der Waals surface area contributed by atoms with Crippen molar-refractivity contribution in [2.24, 2.45) is 0 Å². The summed E-state index contributed by atoms with van der Waals surface area (Å²) in [6.07, 6.45) is -4.68. The Bertz CT molecular complexity index is 397. The van der Waals surface area contributed by atoms with Crippen LogP contribution in [0.25, 0.3) is 0 Å². The first kappa shape index (κ1) is 11.9. The molecule has 0 atom stereocenters. The van der Waals surface area contributed by atoms with Crippen molar-refractivity contribution in [1.82, 2.24) is 0 Å². The second kappa shape index (κ2) is 4.53. The Labute approximate surface area is 92.4 Å². The third kappa shape index (κ3) is 4.21. The van der Waals surface area contributed by atoms with Gasteiger partial charge in [0, 0.05) is 4.47 Å². The van der Waals surface area contributed by atoms with Crippen molar-refractivity contribution in [3.05, 3.63) is 28.2 Å². The molecule has 0 fully saturated rings. The van der Waals surface area contributed by atoms with E-state index in [0.717, 1.165) is 0 Å². The first-order chi connectivity index (χ1) is 6.90. The van der Waals surface area contributed by atoms with Crippen LogP contribution in [-0.2, 0) is 6.42 Å². The van der Waals surface area contributed by atoms with Gasteiger partial charge < -0.3 is 4.74 Å². The summed E-state index contributed by atoms with van der Waals surface area (Å²) in [7, 11) is 0. The third-order valence-corrected chi connectivity index (χ3v) is 1.91. The van der Waals surface area contributed by atoms with E-state index in [-0.39, 0.29) is 12.2 Å². The fraction of sp³-hybridized carbons (Fsp3) is 0.222.